The maximum absolute atomic E-state index is 5.82. The zero-order chi connectivity index (χ0) is 14.9. The molecule has 0 N–H and O–H groups in total. The number of nitrogens with zero attached hydrogens (tertiary/aromatic N) is 5. The Labute approximate surface area is 135 Å². The van der Waals surface area contributed by atoms with E-state index >= 15 is 0 Å². The van der Waals surface area contributed by atoms with Gasteiger partial charge in [-0.25, -0.2) is 9.97 Å². The second kappa shape index (κ2) is 5.57. The first-order valence-electron chi connectivity index (χ1n) is 7.12. The zero-order valence-electron chi connectivity index (χ0n) is 11.8. The van der Waals surface area contributed by atoms with Crippen molar-refractivity contribution in [3.8, 4) is 0 Å². The Kier molecular flexibility index (Phi) is 3.42. The van der Waals surface area contributed by atoms with Gasteiger partial charge in [0.15, 0.2) is 5.58 Å². The van der Waals surface area contributed by atoms with Crippen molar-refractivity contribution in [3.05, 3.63) is 41.1 Å². The van der Waals surface area contributed by atoms with Gasteiger partial charge in [0.2, 0.25) is 5.95 Å². The van der Waals surface area contributed by atoms with Gasteiger partial charge in [0.05, 0.1) is 4.47 Å². The summed E-state index contributed by atoms with van der Waals surface area (Å²) in [6.45, 7) is 3.37. The number of oxazole rings is 1. The molecule has 1 aliphatic rings. The van der Waals surface area contributed by atoms with Crippen molar-refractivity contribution in [2.75, 3.05) is 36.0 Å². The third kappa shape index (κ3) is 2.52. The molecule has 3 aromatic rings. The number of hydrogen-bond acceptors (Lipinski definition) is 6. The van der Waals surface area contributed by atoms with Gasteiger partial charge in [0.25, 0.3) is 6.01 Å². The van der Waals surface area contributed by atoms with E-state index in [9.17, 15) is 0 Å². The normalized spacial score (nSPS) is 15.5. The highest BCUT2D eigenvalue weighted by Gasteiger charge is 2.22. The maximum Gasteiger partial charge on any atom is 0.298 e. The van der Waals surface area contributed by atoms with Crippen molar-refractivity contribution in [1.29, 1.82) is 0 Å². The fraction of sp³-hybridized carbons (Fsp3) is 0.267. The smallest absolute Gasteiger partial charge is 0.298 e. The van der Waals surface area contributed by atoms with Crippen LogP contribution in [0.5, 0.6) is 0 Å². The number of aromatic nitrogens is 3. The molecule has 0 bridgehead atoms. The second-order valence-corrected chi connectivity index (χ2v) is 6.06. The summed E-state index contributed by atoms with van der Waals surface area (Å²) in [6, 6.07) is 8.53. The summed E-state index contributed by atoms with van der Waals surface area (Å²) in [5.74, 6) is 0.764. The number of fused-ring (bicyclic) bond motifs is 1. The molecule has 1 saturated heterocycles. The molecule has 4 rings (SSSR count). The number of anilines is 2. The van der Waals surface area contributed by atoms with E-state index in [0.717, 1.165) is 47.7 Å². The van der Waals surface area contributed by atoms with Crippen LogP contribution in [0, 0.1) is 0 Å². The highest BCUT2D eigenvalue weighted by molar-refractivity contribution is 9.10. The monoisotopic (exact) mass is 359 g/mol. The molecule has 0 spiro atoms. The number of para-hydroxylation sites is 2. The van der Waals surface area contributed by atoms with Gasteiger partial charge in [-0.05, 0) is 28.1 Å². The Morgan fingerprint density at radius 1 is 0.955 bits per heavy atom. The van der Waals surface area contributed by atoms with E-state index in [4.69, 9.17) is 4.42 Å². The maximum atomic E-state index is 5.82. The topological polar surface area (TPSA) is 58.3 Å². The first-order valence-corrected chi connectivity index (χ1v) is 7.92. The molecule has 0 amide bonds. The van der Waals surface area contributed by atoms with Gasteiger partial charge in [-0.3, -0.25) is 0 Å². The highest BCUT2D eigenvalue weighted by atomic mass is 79.9. The molecule has 2 aromatic heterocycles. The van der Waals surface area contributed by atoms with Crippen LogP contribution in [-0.2, 0) is 0 Å². The summed E-state index contributed by atoms with van der Waals surface area (Å²) in [5.41, 5.74) is 1.73. The summed E-state index contributed by atoms with van der Waals surface area (Å²) >= 11 is 3.35. The standard InChI is InChI=1S/C15H14BrN5O/c16-11-9-17-14(18-10-11)20-5-7-21(8-6-20)15-19-12-3-1-2-4-13(12)22-15/h1-4,9-10H,5-8H2. The van der Waals surface area contributed by atoms with Crippen molar-refractivity contribution >= 4 is 39.0 Å². The molecule has 112 valence electrons. The van der Waals surface area contributed by atoms with Crippen LogP contribution in [0.3, 0.4) is 0 Å². The summed E-state index contributed by atoms with van der Waals surface area (Å²) in [5, 5.41) is 0. The van der Waals surface area contributed by atoms with Crippen LogP contribution in [0.2, 0.25) is 0 Å². The molecular weight excluding hydrogens is 346 g/mol. The van der Waals surface area contributed by atoms with Crippen LogP contribution in [0.25, 0.3) is 11.1 Å². The van der Waals surface area contributed by atoms with Crippen molar-refractivity contribution in [2.45, 2.75) is 0 Å². The summed E-state index contributed by atoms with van der Waals surface area (Å²) in [6.07, 6.45) is 3.55. The fourth-order valence-electron chi connectivity index (χ4n) is 2.56. The summed E-state index contributed by atoms with van der Waals surface area (Å²) in [7, 11) is 0. The number of rotatable bonds is 2. The van der Waals surface area contributed by atoms with Crippen molar-refractivity contribution in [3.63, 3.8) is 0 Å². The van der Waals surface area contributed by atoms with Gasteiger partial charge < -0.3 is 14.2 Å². The number of hydrogen-bond donors (Lipinski definition) is 0. The minimum Gasteiger partial charge on any atom is -0.423 e. The lowest BCUT2D eigenvalue weighted by molar-refractivity contribution is 0.539. The molecule has 1 aromatic carbocycles. The first kappa shape index (κ1) is 13.5. The molecular formula is C15H14BrN5O. The second-order valence-electron chi connectivity index (χ2n) is 5.14. The third-order valence-electron chi connectivity index (χ3n) is 3.72. The Hall–Kier alpha value is -2.15. The van der Waals surface area contributed by atoms with Crippen LogP contribution in [-0.4, -0.2) is 41.1 Å². The van der Waals surface area contributed by atoms with Gasteiger partial charge in [-0.15, -0.1) is 0 Å². The molecule has 0 radical (unpaired) electrons. The van der Waals surface area contributed by atoms with E-state index in [-0.39, 0.29) is 0 Å². The number of benzene rings is 1. The van der Waals surface area contributed by atoms with Crippen LogP contribution >= 0.6 is 15.9 Å². The van der Waals surface area contributed by atoms with Crippen LogP contribution in [0.15, 0.2) is 45.5 Å². The van der Waals surface area contributed by atoms with Crippen LogP contribution < -0.4 is 9.80 Å². The van der Waals surface area contributed by atoms with E-state index in [1.807, 2.05) is 24.3 Å². The predicted octanol–water partition coefficient (Wildman–Crippen LogP) is 2.71. The minimum atomic E-state index is 0.692. The minimum absolute atomic E-state index is 0.692. The molecule has 0 saturated carbocycles. The molecule has 7 heteroatoms. The van der Waals surface area contributed by atoms with Crippen LogP contribution in [0.1, 0.15) is 0 Å². The molecule has 1 aliphatic heterocycles. The Balaban J connectivity index is 1.48. The molecule has 0 aliphatic carbocycles. The van der Waals surface area contributed by atoms with E-state index in [1.165, 1.54) is 0 Å². The van der Waals surface area contributed by atoms with Gasteiger partial charge in [-0.1, -0.05) is 12.1 Å². The average Bonchev–Trinajstić information content (AvgIpc) is 3.00. The first-order chi connectivity index (χ1) is 10.8. The quantitative estimate of drug-likeness (QED) is 0.701. The van der Waals surface area contributed by atoms with E-state index in [1.54, 1.807) is 12.4 Å². The predicted molar refractivity (Wildman–Crippen MR) is 88.2 cm³/mol. The van der Waals surface area contributed by atoms with E-state index in [0.29, 0.717) is 6.01 Å². The lowest BCUT2D eigenvalue weighted by atomic mass is 10.3. The van der Waals surface area contributed by atoms with Crippen LogP contribution in [0.4, 0.5) is 12.0 Å². The van der Waals surface area contributed by atoms with Gasteiger partial charge in [0.1, 0.15) is 5.52 Å². The molecule has 22 heavy (non-hydrogen) atoms. The Bertz CT molecular complexity index is 747. The van der Waals surface area contributed by atoms with Gasteiger partial charge in [0, 0.05) is 38.6 Å². The molecule has 3 heterocycles. The van der Waals surface area contributed by atoms with E-state index in [2.05, 4.69) is 40.7 Å². The number of piperazine rings is 1. The Morgan fingerprint density at radius 2 is 1.64 bits per heavy atom. The number of halogens is 1. The Morgan fingerprint density at radius 3 is 2.36 bits per heavy atom. The van der Waals surface area contributed by atoms with Crippen molar-refractivity contribution < 1.29 is 4.42 Å². The zero-order valence-corrected chi connectivity index (χ0v) is 13.4. The van der Waals surface area contributed by atoms with E-state index < -0.39 is 0 Å². The summed E-state index contributed by atoms with van der Waals surface area (Å²) < 4.78 is 6.71. The summed E-state index contributed by atoms with van der Waals surface area (Å²) in [4.78, 5) is 17.6. The molecule has 1 fully saturated rings. The molecule has 6 nitrogen and oxygen atoms in total. The average molecular weight is 360 g/mol. The largest absolute Gasteiger partial charge is 0.423 e. The van der Waals surface area contributed by atoms with Gasteiger partial charge in [-0.2, -0.15) is 4.98 Å². The lowest BCUT2D eigenvalue weighted by Gasteiger charge is -2.33. The third-order valence-corrected chi connectivity index (χ3v) is 4.13. The lowest BCUT2D eigenvalue weighted by Crippen LogP contribution is -2.47. The molecule has 0 unspecified atom stereocenters. The molecule has 0 atom stereocenters. The highest BCUT2D eigenvalue weighted by Crippen LogP contribution is 2.23. The van der Waals surface area contributed by atoms with Crippen molar-refractivity contribution in [2.24, 2.45) is 0 Å². The SMILES string of the molecule is Brc1cnc(N2CCN(c3nc4ccccc4o3)CC2)nc1. The van der Waals surface area contributed by atoms with Crippen molar-refractivity contribution in [1.82, 2.24) is 15.0 Å². The van der Waals surface area contributed by atoms with Gasteiger partial charge >= 0.3 is 0 Å². The fourth-order valence-corrected chi connectivity index (χ4v) is 2.77.